The van der Waals surface area contributed by atoms with Gasteiger partial charge in [0.1, 0.15) is 0 Å². The standard InChI is InChI=1S/C19H31N3O2/c1-15(23)17-7-5-13-22(14-17)19(24)20-12-4-6-16-8-10-18(11-9-16)21(2)3/h8-11,15,17,23H,4-7,12-14H2,1-3H3,(H,20,24). The third-order valence-corrected chi connectivity index (χ3v) is 4.80. The van der Waals surface area contributed by atoms with Gasteiger partial charge in [0.25, 0.3) is 0 Å². The van der Waals surface area contributed by atoms with Crippen LogP contribution in [0.3, 0.4) is 0 Å². The highest BCUT2D eigenvalue weighted by Crippen LogP contribution is 2.19. The minimum Gasteiger partial charge on any atom is -0.393 e. The summed E-state index contributed by atoms with van der Waals surface area (Å²) in [7, 11) is 4.07. The fourth-order valence-corrected chi connectivity index (χ4v) is 3.15. The van der Waals surface area contributed by atoms with Crippen LogP contribution >= 0.6 is 0 Å². The van der Waals surface area contributed by atoms with Crippen LogP contribution < -0.4 is 10.2 Å². The summed E-state index contributed by atoms with van der Waals surface area (Å²) in [6.07, 6.45) is 3.53. The predicted molar refractivity (Wildman–Crippen MR) is 98.5 cm³/mol. The fraction of sp³-hybridized carbons (Fsp3) is 0.632. The highest BCUT2D eigenvalue weighted by Gasteiger charge is 2.26. The van der Waals surface area contributed by atoms with Crippen molar-refractivity contribution in [3.05, 3.63) is 29.8 Å². The van der Waals surface area contributed by atoms with Crippen LogP contribution in [0, 0.1) is 5.92 Å². The molecule has 24 heavy (non-hydrogen) atoms. The maximum Gasteiger partial charge on any atom is 0.317 e. The van der Waals surface area contributed by atoms with Crippen LogP contribution in [0.2, 0.25) is 0 Å². The summed E-state index contributed by atoms with van der Waals surface area (Å²) >= 11 is 0. The number of nitrogens with one attached hydrogen (secondary N) is 1. The quantitative estimate of drug-likeness (QED) is 0.787. The van der Waals surface area contributed by atoms with Crippen molar-refractivity contribution in [3.63, 3.8) is 0 Å². The molecule has 2 rings (SSSR count). The number of nitrogens with zero attached hydrogens (tertiary/aromatic N) is 2. The molecule has 1 saturated heterocycles. The second kappa shape index (κ2) is 8.92. The number of aryl methyl sites for hydroxylation is 1. The molecule has 2 unspecified atom stereocenters. The van der Waals surface area contributed by atoms with E-state index in [0.29, 0.717) is 13.1 Å². The van der Waals surface area contributed by atoms with E-state index < -0.39 is 0 Å². The lowest BCUT2D eigenvalue weighted by Gasteiger charge is -2.34. The Balaban J connectivity index is 1.69. The van der Waals surface area contributed by atoms with E-state index in [9.17, 15) is 9.90 Å². The molecule has 1 heterocycles. The number of anilines is 1. The molecule has 1 aromatic rings. The average Bonchev–Trinajstić information content (AvgIpc) is 2.59. The number of hydrogen-bond acceptors (Lipinski definition) is 3. The van der Waals surface area contributed by atoms with Crippen LogP contribution in [-0.2, 0) is 6.42 Å². The summed E-state index contributed by atoms with van der Waals surface area (Å²) in [5.74, 6) is 0.208. The van der Waals surface area contributed by atoms with Crippen molar-refractivity contribution in [2.75, 3.05) is 38.6 Å². The second-order valence-corrected chi connectivity index (χ2v) is 6.99. The van der Waals surface area contributed by atoms with Crippen molar-refractivity contribution < 1.29 is 9.90 Å². The predicted octanol–water partition coefficient (Wildman–Crippen LogP) is 2.49. The van der Waals surface area contributed by atoms with Gasteiger partial charge in [-0.15, -0.1) is 0 Å². The lowest BCUT2D eigenvalue weighted by atomic mass is 9.94. The molecule has 0 bridgehead atoms. The number of aliphatic hydroxyl groups excluding tert-OH is 1. The van der Waals surface area contributed by atoms with Crippen molar-refractivity contribution in [1.82, 2.24) is 10.2 Å². The zero-order chi connectivity index (χ0) is 17.5. The SMILES string of the molecule is CC(O)C1CCCN(C(=O)NCCCc2ccc(N(C)C)cc2)C1. The number of amides is 2. The number of hydrogen-bond donors (Lipinski definition) is 2. The normalized spacial score (nSPS) is 19.0. The summed E-state index contributed by atoms with van der Waals surface area (Å²) < 4.78 is 0. The number of carbonyl (C=O) groups is 1. The van der Waals surface area contributed by atoms with E-state index in [1.54, 1.807) is 0 Å². The molecule has 1 aliphatic rings. The number of rotatable bonds is 6. The Hall–Kier alpha value is -1.75. The number of likely N-dealkylation sites (tertiary alicyclic amines) is 1. The Morgan fingerprint density at radius 1 is 1.38 bits per heavy atom. The van der Waals surface area contributed by atoms with Crippen LogP contribution in [0.5, 0.6) is 0 Å². The van der Waals surface area contributed by atoms with Crippen LogP contribution in [0.1, 0.15) is 31.7 Å². The zero-order valence-corrected chi connectivity index (χ0v) is 15.2. The van der Waals surface area contributed by atoms with E-state index >= 15 is 0 Å². The van der Waals surface area contributed by atoms with Crippen molar-refractivity contribution in [2.24, 2.45) is 5.92 Å². The molecule has 2 amide bonds. The minimum absolute atomic E-state index is 0.00306. The summed E-state index contributed by atoms with van der Waals surface area (Å²) in [4.78, 5) is 16.2. The monoisotopic (exact) mass is 333 g/mol. The van der Waals surface area contributed by atoms with Crippen LogP contribution in [-0.4, -0.2) is 55.9 Å². The largest absolute Gasteiger partial charge is 0.393 e. The number of benzene rings is 1. The van der Waals surface area contributed by atoms with Gasteiger partial charge in [-0.3, -0.25) is 0 Å². The molecule has 0 radical (unpaired) electrons. The van der Waals surface area contributed by atoms with Crippen LogP contribution in [0.15, 0.2) is 24.3 Å². The molecule has 5 heteroatoms. The molecule has 1 aromatic carbocycles. The first-order chi connectivity index (χ1) is 11.5. The molecule has 0 aromatic heterocycles. The van der Waals surface area contributed by atoms with Gasteiger partial charge in [-0.1, -0.05) is 12.1 Å². The lowest BCUT2D eigenvalue weighted by Crippen LogP contribution is -2.47. The first kappa shape index (κ1) is 18.6. The van der Waals surface area contributed by atoms with Gasteiger partial charge in [0, 0.05) is 45.3 Å². The van der Waals surface area contributed by atoms with Gasteiger partial charge in [0.2, 0.25) is 0 Å². The van der Waals surface area contributed by atoms with Gasteiger partial charge in [-0.25, -0.2) is 4.79 Å². The Morgan fingerprint density at radius 3 is 2.71 bits per heavy atom. The van der Waals surface area contributed by atoms with Gasteiger partial charge in [-0.05, 0) is 50.3 Å². The Labute approximate surface area is 145 Å². The number of carbonyl (C=O) groups excluding carboxylic acids is 1. The Bertz CT molecular complexity index is 514. The molecule has 0 aliphatic carbocycles. The van der Waals surface area contributed by atoms with E-state index in [0.717, 1.165) is 32.2 Å². The summed E-state index contributed by atoms with van der Waals surface area (Å²) in [6, 6.07) is 8.54. The van der Waals surface area contributed by atoms with E-state index in [2.05, 4.69) is 34.5 Å². The number of urea groups is 1. The maximum atomic E-state index is 12.2. The van der Waals surface area contributed by atoms with Crippen molar-refractivity contribution in [3.8, 4) is 0 Å². The third kappa shape index (κ3) is 5.41. The van der Waals surface area contributed by atoms with E-state index in [-0.39, 0.29) is 18.1 Å². The molecule has 2 N–H and O–H groups in total. The van der Waals surface area contributed by atoms with E-state index in [1.165, 1.54) is 11.3 Å². The first-order valence-electron chi connectivity index (χ1n) is 8.94. The van der Waals surface area contributed by atoms with Gasteiger partial charge in [-0.2, -0.15) is 0 Å². The molecule has 5 nitrogen and oxygen atoms in total. The summed E-state index contributed by atoms with van der Waals surface area (Å²) in [5, 5.41) is 12.7. The Kier molecular flexibility index (Phi) is 6.91. The molecule has 1 aliphatic heterocycles. The van der Waals surface area contributed by atoms with Gasteiger partial charge in [0.05, 0.1) is 6.10 Å². The van der Waals surface area contributed by atoms with Crippen LogP contribution in [0.4, 0.5) is 10.5 Å². The molecule has 134 valence electrons. The summed E-state index contributed by atoms with van der Waals surface area (Å²) in [6.45, 7) is 3.95. The van der Waals surface area contributed by atoms with Gasteiger partial charge in [0.15, 0.2) is 0 Å². The fourth-order valence-electron chi connectivity index (χ4n) is 3.15. The summed E-state index contributed by atoms with van der Waals surface area (Å²) in [5.41, 5.74) is 2.49. The van der Waals surface area contributed by atoms with E-state index in [4.69, 9.17) is 0 Å². The van der Waals surface area contributed by atoms with Crippen LogP contribution in [0.25, 0.3) is 0 Å². The zero-order valence-electron chi connectivity index (χ0n) is 15.2. The van der Waals surface area contributed by atoms with E-state index in [1.807, 2.05) is 25.9 Å². The molecule has 0 saturated carbocycles. The molecular weight excluding hydrogens is 302 g/mol. The van der Waals surface area contributed by atoms with Gasteiger partial charge < -0.3 is 20.2 Å². The molecular formula is C19H31N3O2. The third-order valence-electron chi connectivity index (χ3n) is 4.80. The second-order valence-electron chi connectivity index (χ2n) is 6.99. The van der Waals surface area contributed by atoms with Crippen molar-refractivity contribution in [1.29, 1.82) is 0 Å². The number of piperidine rings is 1. The molecule has 1 fully saturated rings. The van der Waals surface area contributed by atoms with Crippen molar-refractivity contribution >= 4 is 11.7 Å². The highest BCUT2D eigenvalue weighted by molar-refractivity contribution is 5.74. The highest BCUT2D eigenvalue weighted by atomic mass is 16.3. The lowest BCUT2D eigenvalue weighted by molar-refractivity contribution is 0.0739. The molecule has 0 spiro atoms. The smallest absolute Gasteiger partial charge is 0.317 e. The van der Waals surface area contributed by atoms with Crippen molar-refractivity contribution in [2.45, 2.75) is 38.7 Å². The average molecular weight is 333 g/mol. The van der Waals surface area contributed by atoms with Gasteiger partial charge >= 0.3 is 6.03 Å². The first-order valence-corrected chi connectivity index (χ1v) is 8.94. The number of aliphatic hydroxyl groups is 1. The molecule has 2 atom stereocenters. The Morgan fingerprint density at radius 2 is 2.08 bits per heavy atom. The maximum absolute atomic E-state index is 12.2. The minimum atomic E-state index is -0.342. The topological polar surface area (TPSA) is 55.8 Å².